The molecule has 15 heteroatoms. The predicted molar refractivity (Wildman–Crippen MR) is 88.5 cm³/mol. The average Bonchev–Trinajstić information content (AvgIpc) is 2.51. The van der Waals surface area contributed by atoms with Gasteiger partial charge in [0, 0.05) is 11.6 Å². The molecule has 11 nitrogen and oxygen atoms in total. The van der Waals surface area contributed by atoms with E-state index in [1.54, 1.807) is 12.1 Å². The third kappa shape index (κ3) is 7.32. The van der Waals surface area contributed by atoms with E-state index in [9.17, 15) is 30.7 Å². The van der Waals surface area contributed by atoms with Gasteiger partial charge >= 0.3 is 59.1 Å². The molecule has 3 aromatic rings. The summed E-state index contributed by atoms with van der Waals surface area (Å²) < 4.78 is 73.1. The normalized spacial score (nSPS) is 11.2. The van der Waals surface area contributed by atoms with Crippen LogP contribution in [0.15, 0.2) is 47.3 Å². The minimum absolute atomic E-state index is 0. The van der Waals surface area contributed by atoms with Crippen LogP contribution in [0.5, 0.6) is 11.5 Å². The second kappa shape index (κ2) is 9.87. The summed E-state index contributed by atoms with van der Waals surface area (Å²) >= 11 is 0. The van der Waals surface area contributed by atoms with Crippen molar-refractivity contribution in [2.45, 2.75) is 0 Å². The van der Waals surface area contributed by atoms with Gasteiger partial charge in [0.05, 0.1) is 10.9 Å². The number of benzene rings is 2. The number of para-hydroxylation sites is 1. The molecular weight excluding hydrogens is 450 g/mol. The zero-order valence-corrected chi connectivity index (χ0v) is 20.6. The molecule has 142 valence electrons. The Kier molecular flexibility index (Phi) is 8.86. The molecule has 1 N–H and O–H groups in total. The van der Waals surface area contributed by atoms with Crippen molar-refractivity contribution in [2.75, 3.05) is 0 Å². The van der Waals surface area contributed by atoms with Gasteiger partial charge in [-0.1, -0.05) is 12.1 Å². The van der Waals surface area contributed by atoms with Crippen LogP contribution in [0.2, 0.25) is 0 Å². The van der Waals surface area contributed by atoms with Crippen LogP contribution in [0.3, 0.4) is 0 Å². The number of hydrogen-bond acceptors (Lipinski definition) is 10. The number of aromatic nitrogens is 2. The topological polar surface area (TPSA) is 179 Å². The molecule has 0 aliphatic carbocycles. The van der Waals surface area contributed by atoms with Crippen molar-refractivity contribution in [3.05, 3.63) is 52.8 Å². The SMILES string of the molecule is O=c1[nH]c(-c2cc(OS(=O)(=O)[O-])cc(OS(=O)(=O)[O-])c2)nc2ccccc12.[Na+].[Na+]. The second-order valence-electron chi connectivity index (χ2n) is 5.11. The fourth-order valence-electron chi connectivity index (χ4n) is 2.26. The van der Waals surface area contributed by atoms with Crippen molar-refractivity contribution in [1.29, 1.82) is 0 Å². The first-order valence-electron chi connectivity index (χ1n) is 6.95. The summed E-state index contributed by atoms with van der Waals surface area (Å²) in [5, 5.41) is 0.273. The van der Waals surface area contributed by atoms with Gasteiger partial charge in [0.2, 0.25) is 0 Å². The van der Waals surface area contributed by atoms with Gasteiger partial charge in [-0.2, -0.15) is 0 Å². The Labute approximate surface area is 209 Å². The molecule has 0 fully saturated rings. The zero-order valence-electron chi connectivity index (χ0n) is 15.0. The smallest absolute Gasteiger partial charge is 0.716 e. The van der Waals surface area contributed by atoms with Gasteiger partial charge < -0.3 is 22.5 Å². The Morgan fingerprint density at radius 3 is 1.90 bits per heavy atom. The molecule has 0 aliphatic rings. The zero-order chi connectivity index (χ0) is 19.8. The van der Waals surface area contributed by atoms with Crippen LogP contribution < -0.4 is 73.0 Å². The number of nitrogens with one attached hydrogen (secondary N) is 1. The van der Waals surface area contributed by atoms with Gasteiger partial charge in [-0.15, -0.1) is 0 Å². The summed E-state index contributed by atoms with van der Waals surface area (Å²) in [5.41, 5.74) is -0.312. The van der Waals surface area contributed by atoms with Gasteiger partial charge in [-0.3, -0.25) is 4.79 Å². The standard InChI is InChI=1S/C14H10N2O9S2.2Na/c17-14-11-3-1-2-4-12(11)15-13(16-14)8-5-9(24-26(18,19)20)7-10(6-8)25-27(21,22)23;;/h1-7H,(H,15,16,17)(H,18,19,20)(H,21,22,23);;/q;2*+1/p-2. The summed E-state index contributed by atoms with van der Waals surface area (Å²) in [5.74, 6) is -1.39. The summed E-state index contributed by atoms with van der Waals surface area (Å²) in [6, 6.07) is 8.99. The van der Waals surface area contributed by atoms with Gasteiger partial charge in [0.1, 0.15) is 17.3 Å². The molecule has 0 radical (unpaired) electrons. The van der Waals surface area contributed by atoms with E-state index >= 15 is 0 Å². The predicted octanol–water partition coefficient (Wildman–Crippen LogP) is -5.72. The average molecular weight is 458 g/mol. The van der Waals surface area contributed by atoms with Crippen LogP contribution in [0.4, 0.5) is 0 Å². The Morgan fingerprint density at radius 2 is 1.38 bits per heavy atom. The molecule has 3 rings (SSSR count). The van der Waals surface area contributed by atoms with E-state index < -0.39 is 37.9 Å². The molecule has 0 atom stereocenters. The molecule has 0 spiro atoms. The summed E-state index contributed by atoms with van der Waals surface area (Å²) in [7, 11) is -10.4. The Bertz CT molecular complexity index is 1260. The van der Waals surface area contributed by atoms with E-state index in [2.05, 4.69) is 18.3 Å². The number of nitrogens with zero attached hydrogens (tertiary/aromatic N) is 1. The molecule has 0 unspecified atom stereocenters. The van der Waals surface area contributed by atoms with E-state index in [4.69, 9.17) is 0 Å². The molecule has 0 aliphatic heterocycles. The maximum atomic E-state index is 12.2. The van der Waals surface area contributed by atoms with Crippen LogP contribution in [-0.2, 0) is 20.8 Å². The van der Waals surface area contributed by atoms with Crippen molar-refractivity contribution in [3.8, 4) is 22.9 Å². The molecule has 0 saturated carbocycles. The van der Waals surface area contributed by atoms with Crippen LogP contribution in [0.1, 0.15) is 0 Å². The van der Waals surface area contributed by atoms with Crippen molar-refractivity contribution >= 4 is 31.7 Å². The third-order valence-corrected chi connectivity index (χ3v) is 3.96. The quantitative estimate of drug-likeness (QED) is 0.220. The van der Waals surface area contributed by atoms with Gasteiger partial charge in [-0.05, 0) is 24.3 Å². The maximum Gasteiger partial charge on any atom is 1.00 e. The molecular formula is C14H8N2Na2O9S2. The number of fused-ring (bicyclic) bond motifs is 1. The van der Waals surface area contributed by atoms with Gasteiger partial charge in [-0.25, -0.2) is 21.8 Å². The molecule has 1 aromatic heterocycles. The molecule has 0 saturated heterocycles. The number of rotatable bonds is 5. The van der Waals surface area contributed by atoms with Crippen molar-refractivity contribution in [2.24, 2.45) is 0 Å². The molecule has 29 heavy (non-hydrogen) atoms. The van der Waals surface area contributed by atoms with Crippen LogP contribution >= 0.6 is 0 Å². The van der Waals surface area contributed by atoms with E-state index in [1.807, 2.05) is 0 Å². The van der Waals surface area contributed by atoms with Crippen molar-refractivity contribution in [1.82, 2.24) is 9.97 Å². The van der Waals surface area contributed by atoms with E-state index in [0.29, 0.717) is 6.07 Å². The van der Waals surface area contributed by atoms with E-state index in [-0.39, 0.29) is 81.4 Å². The Hall–Kier alpha value is -1.000. The second-order valence-corrected chi connectivity index (χ2v) is 7.07. The molecule has 1 heterocycles. The van der Waals surface area contributed by atoms with Gasteiger partial charge in [0.15, 0.2) is 0 Å². The number of aromatic amines is 1. The summed E-state index contributed by atoms with van der Waals surface area (Å²) in [6.07, 6.45) is 0. The largest absolute Gasteiger partial charge is 1.00 e. The number of H-pyrrole nitrogens is 1. The van der Waals surface area contributed by atoms with E-state index in [0.717, 1.165) is 12.1 Å². The molecule has 2 aromatic carbocycles. The van der Waals surface area contributed by atoms with E-state index in [1.165, 1.54) is 12.1 Å². The Morgan fingerprint density at radius 1 is 0.862 bits per heavy atom. The fraction of sp³-hybridized carbons (Fsp3) is 0. The Balaban J connectivity index is 0.00000210. The summed E-state index contributed by atoms with van der Waals surface area (Å²) in [4.78, 5) is 18.7. The van der Waals surface area contributed by atoms with Crippen LogP contribution in [0.25, 0.3) is 22.3 Å². The number of hydrogen-bond donors (Lipinski definition) is 1. The van der Waals surface area contributed by atoms with Crippen molar-refractivity contribution < 1.29 is 93.4 Å². The molecule has 0 bridgehead atoms. The minimum Gasteiger partial charge on any atom is -0.716 e. The van der Waals surface area contributed by atoms with Gasteiger partial charge in [0.25, 0.3) is 26.4 Å². The first-order valence-corrected chi connectivity index (χ1v) is 9.62. The first-order chi connectivity index (χ1) is 12.5. The fourth-order valence-corrected chi connectivity index (χ4v) is 2.93. The molecule has 0 amide bonds. The first kappa shape index (κ1) is 26.0. The third-order valence-electron chi connectivity index (χ3n) is 3.16. The van der Waals surface area contributed by atoms with Crippen LogP contribution in [0, 0.1) is 0 Å². The maximum absolute atomic E-state index is 12.2. The minimum atomic E-state index is -5.20. The van der Waals surface area contributed by atoms with Crippen molar-refractivity contribution in [3.63, 3.8) is 0 Å². The monoisotopic (exact) mass is 458 g/mol. The van der Waals surface area contributed by atoms with Crippen LogP contribution in [-0.4, -0.2) is 35.9 Å². The summed E-state index contributed by atoms with van der Waals surface area (Å²) in [6.45, 7) is 0.